The highest BCUT2D eigenvalue weighted by Gasteiger charge is 2.25. The van der Waals surface area contributed by atoms with Gasteiger partial charge in [0.1, 0.15) is 5.82 Å². The first-order valence-corrected chi connectivity index (χ1v) is 11.1. The number of nitrogens with zero attached hydrogens (tertiary/aromatic N) is 6. The number of carbonyl (C=O) groups is 1. The normalized spacial score (nSPS) is 14.0. The van der Waals surface area contributed by atoms with E-state index < -0.39 is 0 Å². The maximum absolute atomic E-state index is 12.0. The summed E-state index contributed by atoms with van der Waals surface area (Å²) in [5.74, 6) is 1.38. The van der Waals surface area contributed by atoms with Gasteiger partial charge in [0.15, 0.2) is 0 Å². The molecule has 1 N–H and O–H groups in total. The molecule has 33 heavy (non-hydrogen) atoms. The van der Waals surface area contributed by atoms with E-state index in [1.54, 1.807) is 11.1 Å². The fourth-order valence-electron chi connectivity index (χ4n) is 4.23. The van der Waals surface area contributed by atoms with E-state index in [1.165, 1.54) is 6.08 Å². The second kappa shape index (κ2) is 8.86. The van der Waals surface area contributed by atoms with Gasteiger partial charge in [-0.05, 0) is 37.1 Å². The maximum atomic E-state index is 12.0. The molecule has 0 saturated carbocycles. The molecule has 1 aromatic carbocycles. The number of aromatic amines is 1. The predicted molar refractivity (Wildman–Crippen MR) is 134 cm³/mol. The van der Waals surface area contributed by atoms with Crippen LogP contribution < -0.4 is 9.80 Å². The highest BCUT2D eigenvalue weighted by Crippen LogP contribution is 2.39. The molecular weight excluding hydrogens is 438 g/mol. The molecule has 0 spiro atoms. The Labute approximate surface area is 198 Å². The van der Waals surface area contributed by atoms with E-state index in [-0.39, 0.29) is 5.91 Å². The van der Waals surface area contributed by atoms with Crippen molar-refractivity contribution in [2.45, 2.75) is 13.8 Å². The summed E-state index contributed by atoms with van der Waals surface area (Å²) in [5.41, 5.74) is 5.27. The number of H-pyrrole nitrogens is 1. The highest BCUT2D eigenvalue weighted by atomic mass is 35.5. The van der Waals surface area contributed by atoms with Crippen LogP contribution in [0.5, 0.6) is 0 Å². The number of anilines is 2. The Morgan fingerprint density at radius 2 is 1.91 bits per heavy atom. The lowest BCUT2D eigenvalue weighted by molar-refractivity contribution is -0.126. The largest absolute Gasteiger partial charge is 0.352 e. The van der Waals surface area contributed by atoms with Gasteiger partial charge in [0.25, 0.3) is 0 Å². The fourth-order valence-corrected chi connectivity index (χ4v) is 4.60. The van der Waals surface area contributed by atoms with E-state index in [0.717, 1.165) is 44.7 Å². The van der Waals surface area contributed by atoms with Crippen LogP contribution in [0.3, 0.4) is 0 Å². The number of aryl methyl sites for hydroxylation is 2. The number of rotatable bonds is 5. The zero-order valence-corrected chi connectivity index (χ0v) is 20.2. The SMILES string of the molecule is C=CC(=O)N1CCN(c2nc(N(C)C)nc3c(C)c(C(=C)c4cn[nH]c4C)c(Cl)cc23)CC1. The van der Waals surface area contributed by atoms with Crippen molar-refractivity contribution in [3.8, 4) is 0 Å². The fraction of sp³-hybridized carbons (Fsp3) is 0.333. The second-order valence-corrected chi connectivity index (χ2v) is 8.81. The van der Waals surface area contributed by atoms with E-state index in [1.807, 2.05) is 38.9 Å². The molecule has 1 amide bonds. The van der Waals surface area contributed by atoms with Crippen molar-refractivity contribution < 1.29 is 4.79 Å². The summed E-state index contributed by atoms with van der Waals surface area (Å²) in [6.07, 6.45) is 3.12. The van der Waals surface area contributed by atoms with E-state index in [4.69, 9.17) is 21.6 Å². The lowest BCUT2D eigenvalue weighted by atomic mass is 9.94. The molecule has 2 aromatic heterocycles. The molecule has 0 unspecified atom stereocenters. The summed E-state index contributed by atoms with van der Waals surface area (Å²) in [6, 6.07) is 1.93. The smallest absolute Gasteiger partial charge is 0.246 e. The summed E-state index contributed by atoms with van der Waals surface area (Å²) < 4.78 is 0. The summed E-state index contributed by atoms with van der Waals surface area (Å²) in [5, 5.41) is 8.56. The third kappa shape index (κ3) is 4.06. The number of benzene rings is 1. The average molecular weight is 466 g/mol. The molecule has 0 aliphatic carbocycles. The van der Waals surface area contributed by atoms with E-state index in [9.17, 15) is 4.79 Å². The monoisotopic (exact) mass is 465 g/mol. The number of carbonyl (C=O) groups excluding carboxylic acids is 1. The lowest BCUT2D eigenvalue weighted by Crippen LogP contribution is -2.48. The molecule has 8 nitrogen and oxygen atoms in total. The summed E-state index contributed by atoms with van der Waals surface area (Å²) in [4.78, 5) is 27.6. The Kier molecular flexibility index (Phi) is 6.12. The quantitative estimate of drug-likeness (QED) is 0.580. The van der Waals surface area contributed by atoms with Crippen molar-refractivity contribution in [3.63, 3.8) is 0 Å². The number of halogens is 1. The van der Waals surface area contributed by atoms with E-state index in [2.05, 4.69) is 28.3 Å². The number of hydrogen-bond acceptors (Lipinski definition) is 6. The number of amides is 1. The van der Waals surface area contributed by atoms with Gasteiger partial charge >= 0.3 is 0 Å². The van der Waals surface area contributed by atoms with Gasteiger partial charge in [-0.2, -0.15) is 10.1 Å². The van der Waals surface area contributed by atoms with Crippen molar-refractivity contribution in [3.05, 3.63) is 58.9 Å². The molecule has 1 fully saturated rings. The van der Waals surface area contributed by atoms with Crippen molar-refractivity contribution >= 4 is 45.8 Å². The van der Waals surface area contributed by atoms with Gasteiger partial charge in [-0.3, -0.25) is 9.89 Å². The predicted octanol–water partition coefficient (Wildman–Crippen LogP) is 3.59. The van der Waals surface area contributed by atoms with Crippen molar-refractivity contribution in [1.29, 1.82) is 0 Å². The Morgan fingerprint density at radius 1 is 1.21 bits per heavy atom. The van der Waals surface area contributed by atoms with Crippen molar-refractivity contribution in [2.75, 3.05) is 50.1 Å². The van der Waals surface area contributed by atoms with Gasteiger partial charge in [0.2, 0.25) is 11.9 Å². The first-order valence-electron chi connectivity index (χ1n) is 10.8. The average Bonchev–Trinajstić information content (AvgIpc) is 3.23. The zero-order valence-electron chi connectivity index (χ0n) is 19.4. The summed E-state index contributed by atoms with van der Waals surface area (Å²) in [6.45, 7) is 14.4. The molecule has 172 valence electrons. The Hall–Kier alpha value is -3.39. The number of hydrogen-bond donors (Lipinski definition) is 1. The molecule has 0 bridgehead atoms. The van der Waals surface area contributed by atoms with Gasteiger partial charge in [0.05, 0.1) is 11.7 Å². The van der Waals surface area contributed by atoms with Crippen LogP contribution in [0.1, 0.15) is 22.4 Å². The number of nitrogens with one attached hydrogen (secondary N) is 1. The van der Waals surface area contributed by atoms with Gasteiger partial charge in [-0.15, -0.1) is 0 Å². The van der Waals surface area contributed by atoms with Gasteiger partial charge in [-0.1, -0.05) is 24.8 Å². The molecule has 1 aliphatic rings. The van der Waals surface area contributed by atoms with Gasteiger partial charge in [0, 0.05) is 67.5 Å². The molecule has 3 aromatic rings. The molecule has 4 rings (SSSR count). The van der Waals surface area contributed by atoms with Crippen molar-refractivity contribution in [1.82, 2.24) is 25.1 Å². The zero-order chi connectivity index (χ0) is 23.9. The van der Waals surface area contributed by atoms with Crippen LogP contribution in [0.25, 0.3) is 16.5 Å². The second-order valence-electron chi connectivity index (χ2n) is 8.40. The van der Waals surface area contributed by atoms with Crippen LogP contribution >= 0.6 is 11.6 Å². The van der Waals surface area contributed by atoms with E-state index >= 15 is 0 Å². The number of aromatic nitrogens is 4. The molecule has 9 heteroatoms. The third-order valence-corrected chi connectivity index (χ3v) is 6.37. The minimum atomic E-state index is -0.0484. The number of piperazine rings is 1. The first-order chi connectivity index (χ1) is 15.7. The lowest BCUT2D eigenvalue weighted by Gasteiger charge is -2.35. The maximum Gasteiger partial charge on any atom is 0.246 e. The molecule has 0 radical (unpaired) electrons. The van der Waals surface area contributed by atoms with Crippen LogP contribution in [0.15, 0.2) is 31.5 Å². The topological polar surface area (TPSA) is 81.2 Å². The summed E-state index contributed by atoms with van der Waals surface area (Å²) >= 11 is 6.83. The molecule has 3 heterocycles. The minimum Gasteiger partial charge on any atom is -0.352 e. The van der Waals surface area contributed by atoms with E-state index in [0.29, 0.717) is 37.1 Å². The Morgan fingerprint density at radius 3 is 2.48 bits per heavy atom. The van der Waals surface area contributed by atoms with Gasteiger partial charge in [-0.25, -0.2) is 4.98 Å². The first kappa shape index (κ1) is 22.8. The number of fused-ring (bicyclic) bond motifs is 1. The molecule has 1 saturated heterocycles. The van der Waals surface area contributed by atoms with Crippen LogP contribution in [-0.4, -0.2) is 71.2 Å². The molecule has 0 atom stereocenters. The van der Waals surface area contributed by atoms with Crippen LogP contribution in [0, 0.1) is 13.8 Å². The minimum absolute atomic E-state index is 0.0484. The Bertz CT molecular complexity index is 1260. The Balaban J connectivity index is 1.84. The molecular formula is C24H28ClN7O. The third-order valence-electron chi connectivity index (χ3n) is 6.08. The van der Waals surface area contributed by atoms with Crippen molar-refractivity contribution in [2.24, 2.45) is 0 Å². The molecule has 1 aliphatic heterocycles. The van der Waals surface area contributed by atoms with Crippen LogP contribution in [0.2, 0.25) is 5.02 Å². The van der Waals surface area contributed by atoms with Crippen LogP contribution in [-0.2, 0) is 4.79 Å². The summed E-state index contributed by atoms with van der Waals surface area (Å²) in [7, 11) is 3.84. The highest BCUT2D eigenvalue weighted by molar-refractivity contribution is 6.34. The van der Waals surface area contributed by atoms with Crippen LogP contribution in [0.4, 0.5) is 11.8 Å². The standard InChI is InChI=1S/C24H28ClN7O/c1-7-20(33)31-8-10-32(11-9-31)23-17-12-19(25)21(14(2)18-13-26-29-16(18)4)15(3)22(17)27-24(28-23)30(5)6/h7,12-13H,1-2,8-11H2,3-6H3,(H,26,29). The van der Waals surface area contributed by atoms with Gasteiger partial charge < -0.3 is 14.7 Å².